The van der Waals surface area contributed by atoms with Crippen LogP contribution in [0.5, 0.6) is 11.5 Å². The molecule has 804 valence electrons. The van der Waals surface area contributed by atoms with E-state index in [1.54, 1.807) is 9.79 Å². The molecule has 16 rings (SSSR count). The Morgan fingerprint density at radius 1 is 0.366 bits per heavy atom. The zero-order valence-electron chi connectivity index (χ0n) is 78.9. The lowest BCUT2D eigenvalue weighted by Gasteiger charge is -2.42. The van der Waals surface area contributed by atoms with Gasteiger partial charge in [-0.2, -0.15) is 96.3 Å². The van der Waals surface area contributed by atoms with Crippen LogP contribution in [0.15, 0.2) is 107 Å². The molecule has 4 atom stereocenters. The van der Waals surface area contributed by atoms with Crippen LogP contribution in [0.1, 0.15) is 254 Å². The molecule has 0 amide bonds. The number of rotatable bonds is 29. The molecule has 0 spiro atoms. The molecule has 11 aliphatic rings. The zero-order chi connectivity index (χ0) is 104. The summed E-state index contributed by atoms with van der Waals surface area (Å²) in [6, 6.07) is 35.5. The summed E-state index contributed by atoms with van der Waals surface area (Å²) in [6.45, 7) is 2.92. The molecule has 5 aromatic carbocycles. The Morgan fingerprint density at radius 2 is 0.697 bits per heavy atom. The van der Waals surface area contributed by atoms with Crippen LogP contribution in [0, 0.1) is 35.5 Å². The summed E-state index contributed by atoms with van der Waals surface area (Å²) in [5.41, 5.74) is 2.36. The highest BCUT2D eigenvalue weighted by atomic mass is 32.2. The van der Waals surface area contributed by atoms with Gasteiger partial charge in [0.2, 0.25) is 5.78 Å². The van der Waals surface area contributed by atoms with Crippen LogP contribution in [-0.2, 0) is 92.4 Å². The maximum absolute atomic E-state index is 14.0. The van der Waals surface area contributed by atoms with Gasteiger partial charge in [0.15, 0.2) is 34.8 Å². The quantitative estimate of drug-likeness (QED) is 0.00817. The van der Waals surface area contributed by atoms with Gasteiger partial charge in [0.1, 0.15) is 58.1 Å². The number of ether oxygens (including phenoxy) is 2. The Balaban J connectivity index is 0.000000163. The summed E-state index contributed by atoms with van der Waals surface area (Å²) in [5, 5.41) is -21.2. The third-order valence-corrected chi connectivity index (χ3v) is 45.5. The summed E-state index contributed by atoms with van der Waals surface area (Å²) < 4.78 is 391. The maximum atomic E-state index is 14.0. The van der Waals surface area contributed by atoms with Crippen LogP contribution in [-0.4, -0.2) is 211 Å². The predicted octanol–water partition coefficient (Wildman–Crippen LogP) is 22.1. The molecule has 142 heavy (non-hydrogen) atoms. The molecule has 11 fully saturated rings. The number of halogens is 18. The van der Waals surface area contributed by atoms with Crippen LogP contribution in [0.2, 0.25) is 0 Å². The van der Waals surface area contributed by atoms with E-state index in [4.69, 9.17) is 9.47 Å². The van der Waals surface area contributed by atoms with Crippen molar-refractivity contribution in [1.29, 1.82) is 0 Å². The molecular formula is C94H125F18N3O18S9. The Morgan fingerprint density at radius 3 is 1.07 bits per heavy atom. The number of carbonyl (C=O) groups is 1. The third-order valence-electron chi connectivity index (χ3n) is 29.1. The predicted molar refractivity (Wildman–Crippen MR) is 507 cm³/mol. The number of carbonyl (C=O) groups excluding carboxylic acids is 1. The van der Waals surface area contributed by atoms with Crippen LogP contribution >= 0.6 is 12.0 Å². The number of piperidine rings is 3. The molecular weight excluding hydrogens is 2090 g/mol. The number of ketones is 1. The maximum Gasteiger partial charge on any atom is 0.428 e. The fourth-order valence-corrected chi connectivity index (χ4v) is 34.3. The van der Waals surface area contributed by atoms with Gasteiger partial charge in [-0.25, -0.2) is 42.1 Å². The lowest BCUT2D eigenvalue weighted by molar-refractivity contribution is -0.777. The second-order valence-corrected chi connectivity index (χ2v) is 55.7. The first-order valence-electron chi connectivity index (χ1n) is 48.4. The van der Waals surface area contributed by atoms with Crippen molar-refractivity contribution in [2.45, 2.75) is 302 Å². The van der Waals surface area contributed by atoms with E-state index < -0.39 is 151 Å². The van der Waals surface area contributed by atoms with E-state index in [1.807, 2.05) is 0 Å². The molecule has 6 aliphatic heterocycles. The second-order valence-electron chi connectivity index (χ2n) is 38.8. The molecule has 4 unspecified atom stereocenters. The molecule has 0 radical (unpaired) electrons. The van der Waals surface area contributed by atoms with Crippen LogP contribution < -0.4 is 14.7 Å². The van der Waals surface area contributed by atoms with E-state index in [0.717, 1.165) is 73.7 Å². The van der Waals surface area contributed by atoms with Crippen molar-refractivity contribution >= 4 is 122 Å². The number of hydrogen-bond donors (Lipinski definition) is 0. The van der Waals surface area contributed by atoms with E-state index in [1.165, 1.54) is 196 Å². The van der Waals surface area contributed by atoms with Gasteiger partial charge in [-0.3, -0.25) is 9.83 Å². The molecule has 5 aromatic rings. The standard InChI is InChI=1S/2C21H27OS.C20H29OS.2C12H17F6NO5S2.C8H11F6NO5S2/c2*1-2-8-17(9-3-1)16-22-20-12-13-21(23-14-6-7-15-23)19-11-5-4-10-18(19)20;1-20(2,22-14-6-7-15-22)19(21)18-12-10-17(11-13-18)16-8-4-3-5-9-16;2*13-10(14,12(17,18)26(22,23)24)11(15,16)25(20,21)19-6-5-8-3-1-2-4-9(8)7-19;9-6(10,7(11,12)21-20-19-16)8(13,14)22(17,18)15-4-2-1-3-5-15/h2*4-5,10-13,17H,1-3,6-9,14-16H2;10-13,16H,3-9,14-15H2,1-2H3;2*8-9H,1-7H2,(H,22,23,24);16H,1-5H2/q3*+1;;;/p-3. The number of sulfonamides is 3. The second kappa shape index (κ2) is 48.8. The van der Waals surface area contributed by atoms with E-state index >= 15 is 0 Å². The van der Waals surface area contributed by atoms with Crippen molar-refractivity contribution in [2.75, 3.05) is 87.0 Å². The minimum Gasteiger partial charge on any atom is -0.743 e. The average molecular weight is 2220 g/mol. The smallest absolute Gasteiger partial charge is 0.428 e. The topological polar surface area (TPSA) is 304 Å². The lowest BCUT2D eigenvalue weighted by atomic mass is 9.76. The van der Waals surface area contributed by atoms with Crippen molar-refractivity contribution in [1.82, 2.24) is 12.9 Å². The Hall–Kier alpha value is -4.54. The van der Waals surface area contributed by atoms with E-state index in [0.29, 0.717) is 59.7 Å². The largest absolute Gasteiger partial charge is 0.743 e. The summed E-state index contributed by atoms with van der Waals surface area (Å²) in [4.78, 5) is 16.1. The van der Waals surface area contributed by atoms with E-state index in [9.17, 15) is 140 Å². The molecule has 48 heteroatoms. The number of fused-ring (bicyclic) bond motifs is 4. The van der Waals surface area contributed by atoms with Crippen LogP contribution in [0.3, 0.4) is 0 Å². The molecule has 0 aromatic heterocycles. The number of alkyl halides is 18. The molecule has 5 saturated carbocycles. The molecule has 6 saturated heterocycles. The molecule has 21 nitrogen and oxygen atoms in total. The normalized spacial score (nSPS) is 22.8. The Bertz CT molecular complexity index is 5330. The number of nitrogens with zero attached hydrogens (tertiary/aromatic N) is 3. The van der Waals surface area contributed by atoms with Gasteiger partial charge >= 0.3 is 49.3 Å². The van der Waals surface area contributed by atoms with Gasteiger partial charge in [-0.05, 0) is 213 Å². The first kappa shape index (κ1) is 118. The Kier molecular flexibility index (Phi) is 40.5. The average Bonchev–Trinajstić information content (AvgIpc) is 1.47. The van der Waals surface area contributed by atoms with E-state index in [-0.39, 0.29) is 77.9 Å². The van der Waals surface area contributed by atoms with Crippen molar-refractivity contribution in [3.63, 3.8) is 0 Å². The SMILES string of the molecule is CC(C)(C(=O)c1ccc(C2CCCCC2)cc1)[S+]1CCCC1.O=S(=O)(N1CCCCC1)C(F)(F)C(F)(F)C(F)(F)SOO[O-].O=S(=O)([O-])C(F)(F)C(F)(F)C(F)(F)S(=O)(=O)N1CCC2CCCCC2C1.O=S(=O)([O-])C(F)(F)C(F)(F)C(F)(F)S(=O)(=O)N1CCC2CCCCC2C1.c1ccc2c([S+]3CCCC3)ccc(OCC3CCCCC3)c2c1.c1ccc2c([S+]3CCCC3)ccc(OCC3CCCCC3)c2c1. The minimum absolute atomic E-state index is 0.0130. The van der Waals surface area contributed by atoms with Gasteiger partial charge in [-0.15, -0.1) is 0 Å². The first-order valence-corrected chi connectivity index (χ1v) is 61.0. The number of hydrogen-bond acceptors (Lipinski definition) is 19. The molecule has 0 N–H and O–H groups in total. The highest BCUT2D eigenvalue weighted by Gasteiger charge is 2.83. The minimum atomic E-state index is -7.25. The van der Waals surface area contributed by atoms with Crippen molar-refractivity contribution in [2.24, 2.45) is 35.5 Å². The van der Waals surface area contributed by atoms with Gasteiger partial charge in [0.05, 0.1) is 13.2 Å². The van der Waals surface area contributed by atoms with Crippen molar-refractivity contribution in [3.8, 4) is 11.5 Å². The monoisotopic (exact) mass is 2210 g/mol. The number of Topliss-reactive ketones (excluding diaryl/α,β-unsaturated/α-hetero) is 1. The summed E-state index contributed by atoms with van der Waals surface area (Å²) in [6.07, 6.45) is 35.2. The fraction of sp³-hybridized carbons (Fsp3) is 0.713. The highest BCUT2D eigenvalue weighted by Crippen LogP contribution is 2.58. The Labute approximate surface area is 832 Å². The highest BCUT2D eigenvalue weighted by molar-refractivity contribution is 7.99. The first-order chi connectivity index (χ1) is 66.5. The van der Waals surface area contributed by atoms with Gasteiger partial charge in [-0.1, -0.05) is 163 Å². The zero-order valence-corrected chi connectivity index (χ0v) is 86.2. The third kappa shape index (κ3) is 26.1. The summed E-state index contributed by atoms with van der Waals surface area (Å²) in [5.74, 6) is -8.12. The van der Waals surface area contributed by atoms with Crippen molar-refractivity contribution in [3.05, 3.63) is 108 Å². The summed E-state index contributed by atoms with van der Waals surface area (Å²) >= 11 is -1.71. The summed E-state index contributed by atoms with van der Waals surface area (Å²) in [7, 11) is -32.0. The fourth-order valence-electron chi connectivity index (χ4n) is 20.7. The van der Waals surface area contributed by atoms with Gasteiger partial charge < -0.3 is 23.8 Å². The van der Waals surface area contributed by atoms with Gasteiger partial charge in [0, 0.05) is 99.1 Å². The molecule has 0 bridgehead atoms. The lowest BCUT2D eigenvalue weighted by Crippen LogP contribution is -2.64. The number of benzene rings is 5. The van der Waals surface area contributed by atoms with Crippen LogP contribution in [0.4, 0.5) is 79.0 Å². The molecule has 5 aliphatic carbocycles. The van der Waals surface area contributed by atoms with Crippen LogP contribution in [0.25, 0.3) is 21.5 Å². The van der Waals surface area contributed by atoms with Gasteiger partial charge in [0.25, 0.3) is 30.1 Å². The van der Waals surface area contributed by atoms with Crippen molar-refractivity contribution < 1.29 is 159 Å². The molecule has 6 heterocycles. The van der Waals surface area contributed by atoms with E-state index in [2.05, 4.69) is 120 Å².